The Morgan fingerprint density at radius 3 is 1.83 bits per heavy atom. The Bertz CT molecular complexity index is 2400. The van der Waals surface area contributed by atoms with Crippen molar-refractivity contribution in [2.24, 2.45) is 0 Å². The van der Waals surface area contributed by atoms with Gasteiger partial charge in [0.15, 0.2) is 5.06 Å². The van der Waals surface area contributed by atoms with Crippen LogP contribution in [0.5, 0.6) is 5.06 Å². The van der Waals surface area contributed by atoms with Gasteiger partial charge in [-0.2, -0.15) is 0 Å². The van der Waals surface area contributed by atoms with Crippen LogP contribution in [-0.4, -0.2) is 87.1 Å². The van der Waals surface area contributed by atoms with Crippen molar-refractivity contribution < 1.29 is 38.2 Å². The molecule has 1 fully saturated rings. The number of esters is 3. The summed E-state index contributed by atoms with van der Waals surface area (Å²) in [7, 11) is 2.76. The number of nitrogens with zero attached hydrogens (tertiary/aromatic N) is 4. The number of pyridine rings is 2. The van der Waals surface area contributed by atoms with Crippen molar-refractivity contribution in [3.63, 3.8) is 0 Å². The number of carbonyl (C=O) groups is 5. The predicted molar refractivity (Wildman–Crippen MR) is 249 cm³/mol. The Balaban J connectivity index is 0.000000231. The van der Waals surface area contributed by atoms with Crippen molar-refractivity contribution in [1.29, 1.82) is 0 Å². The van der Waals surface area contributed by atoms with Crippen molar-refractivity contribution in [2.75, 3.05) is 33.9 Å². The van der Waals surface area contributed by atoms with Gasteiger partial charge in [-0.05, 0) is 95.2 Å². The molecule has 0 N–H and O–H groups in total. The summed E-state index contributed by atoms with van der Waals surface area (Å²) in [5, 5.41) is 1.50. The van der Waals surface area contributed by atoms with Gasteiger partial charge in [-0.25, -0.2) is 14.4 Å². The van der Waals surface area contributed by atoms with E-state index in [4.69, 9.17) is 49.0 Å². The van der Waals surface area contributed by atoms with Gasteiger partial charge < -0.3 is 14.2 Å². The average molecular weight is 954 g/mol. The number of halogens is 3. The zero-order valence-corrected chi connectivity index (χ0v) is 36.8. The summed E-state index contributed by atoms with van der Waals surface area (Å²) in [5.41, 5.74) is 4.40. The van der Waals surface area contributed by atoms with E-state index in [1.54, 1.807) is 54.9 Å². The van der Waals surface area contributed by atoms with Crippen LogP contribution >= 0.6 is 57.9 Å². The van der Waals surface area contributed by atoms with Crippen molar-refractivity contribution >= 4 is 86.2 Å². The molecule has 17 heteroatoms. The number of piperidine rings is 1. The van der Waals surface area contributed by atoms with E-state index >= 15 is 0 Å². The van der Waals surface area contributed by atoms with Crippen molar-refractivity contribution in [3.05, 3.63) is 158 Å². The zero-order chi connectivity index (χ0) is 43.5. The van der Waals surface area contributed by atoms with E-state index in [2.05, 4.69) is 9.97 Å². The van der Waals surface area contributed by atoms with Gasteiger partial charge >= 0.3 is 17.9 Å². The Morgan fingerprint density at radius 1 is 0.762 bits per heavy atom. The minimum absolute atomic E-state index is 0. The van der Waals surface area contributed by atoms with E-state index in [9.17, 15) is 24.0 Å². The summed E-state index contributed by atoms with van der Waals surface area (Å²) in [4.78, 5) is 72.0. The first kappa shape index (κ1) is 50.7. The molecule has 12 nitrogen and oxygen atoms in total. The highest BCUT2D eigenvalue weighted by Crippen LogP contribution is 2.40. The van der Waals surface area contributed by atoms with Gasteiger partial charge in [0.2, 0.25) is 5.12 Å². The van der Waals surface area contributed by atoms with Gasteiger partial charge in [0, 0.05) is 71.1 Å². The highest BCUT2D eigenvalue weighted by Gasteiger charge is 2.38. The van der Waals surface area contributed by atoms with E-state index in [1.807, 2.05) is 52.3 Å². The summed E-state index contributed by atoms with van der Waals surface area (Å²) in [6.07, 6.45) is 9.37. The number of likely N-dealkylation sites (tertiary alicyclic amines) is 1. The highest BCUT2D eigenvalue weighted by atomic mass is 35.5. The van der Waals surface area contributed by atoms with E-state index in [0.29, 0.717) is 51.4 Å². The van der Waals surface area contributed by atoms with Crippen LogP contribution in [0.1, 0.15) is 75.6 Å². The summed E-state index contributed by atoms with van der Waals surface area (Å²) in [5.74, 6) is -1.13. The number of thioether (sulfide) groups is 1. The minimum atomic E-state index is -0.599. The van der Waals surface area contributed by atoms with Crippen LogP contribution < -0.4 is 4.74 Å². The normalized spacial score (nSPS) is 16.2. The van der Waals surface area contributed by atoms with Gasteiger partial charge in [-0.15, -0.1) is 11.3 Å². The molecule has 332 valence electrons. The second-order valence-electron chi connectivity index (χ2n) is 13.7. The van der Waals surface area contributed by atoms with Crippen molar-refractivity contribution in [1.82, 2.24) is 19.8 Å². The van der Waals surface area contributed by atoms with Crippen LogP contribution in [0.25, 0.3) is 0 Å². The molecule has 0 aliphatic carbocycles. The second-order valence-corrected chi connectivity index (χ2v) is 17.1. The molecule has 3 aliphatic heterocycles. The molecule has 1 saturated heterocycles. The Labute approximate surface area is 390 Å². The Morgan fingerprint density at radius 2 is 1.32 bits per heavy atom. The molecular weight excluding hydrogens is 907 g/mol. The molecule has 3 atom stereocenters. The summed E-state index contributed by atoms with van der Waals surface area (Å²) in [6, 6.07) is 22.0. The van der Waals surface area contributed by atoms with Gasteiger partial charge in [-0.1, -0.05) is 86.2 Å². The maximum atomic E-state index is 12.6. The van der Waals surface area contributed by atoms with E-state index in [0.717, 1.165) is 41.0 Å². The molecule has 2 aromatic carbocycles. The fourth-order valence-electron chi connectivity index (χ4n) is 6.98. The van der Waals surface area contributed by atoms with E-state index in [-0.39, 0.29) is 37.2 Å². The lowest BCUT2D eigenvalue weighted by Crippen LogP contribution is -2.42. The maximum Gasteiger partial charge on any atom is 0.345 e. The summed E-state index contributed by atoms with van der Waals surface area (Å²) >= 11 is 20.6. The third-order valence-corrected chi connectivity index (χ3v) is 13.1. The van der Waals surface area contributed by atoms with Gasteiger partial charge in [-0.3, -0.25) is 29.4 Å². The zero-order valence-electron chi connectivity index (χ0n) is 32.9. The van der Waals surface area contributed by atoms with Crippen LogP contribution in [0.15, 0.2) is 115 Å². The predicted octanol–water partition coefficient (Wildman–Crippen LogP) is 9.85. The smallest absolute Gasteiger partial charge is 0.345 e. The monoisotopic (exact) mass is 952 g/mol. The molecule has 0 saturated carbocycles. The topological polar surface area (TPSA) is 145 Å². The van der Waals surface area contributed by atoms with Crippen LogP contribution in [0, 0.1) is 0 Å². The molecule has 0 spiro atoms. The second kappa shape index (κ2) is 24.2. The van der Waals surface area contributed by atoms with Crippen LogP contribution in [-0.2, 0) is 36.8 Å². The maximum absolute atomic E-state index is 12.6. The number of carbonyl (C=O) groups excluding carboxylic acids is 5. The Kier molecular flexibility index (Phi) is 19.5. The fourth-order valence-corrected chi connectivity index (χ4v) is 9.59. The highest BCUT2D eigenvalue weighted by molar-refractivity contribution is 8.15. The first-order valence-corrected chi connectivity index (χ1v) is 21.7. The number of aromatic nitrogens is 2. The van der Waals surface area contributed by atoms with Gasteiger partial charge in [0.25, 0.3) is 5.24 Å². The third-order valence-electron chi connectivity index (χ3n) is 9.87. The number of thiophene rings is 1. The first-order chi connectivity index (χ1) is 29.5. The third kappa shape index (κ3) is 13.1. The standard InChI is InChI=1S/C22H19ClN2O4S.C16H16ClNO3S.C6H4ClNO.2CH4/c1-28-22(27)20(16-6-2-3-7-17(16)23)25-10-8-18-15(13-25)11-19(30-18)29-21(26)14-5-4-9-24-12-14;1-21-16(20)15(11-4-2-3-5-12(11)17)18-7-6-13-10(9-18)8-14(19)22-13;7-6(9)5-2-1-3-8-4-5;;/h2-7,9,11-12,20H,8,10,13H2,1H3;2-5,8,13,15H,6-7,9H2,1H3;1-4H;2*1H4/t20-;13?,15-;;;/m00.../s1. The van der Waals surface area contributed by atoms with Crippen LogP contribution in [0.2, 0.25) is 10.0 Å². The average Bonchev–Trinajstić information content (AvgIpc) is 3.87. The molecule has 5 aromatic rings. The van der Waals surface area contributed by atoms with Gasteiger partial charge in [0.05, 0.1) is 25.3 Å². The summed E-state index contributed by atoms with van der Waals surface area (Å²) < 4.78 is 15.6. The van der Waals surface area contributed by atoms with Crippen LogP contribution in [0.3, 0.4) is 0 Å². The van der Waals surface area contributed by atoms with Crippen molar-refractivity contribution in [2.45, 2.75) is 51.6 Å². The SMILES string of the molecule is C.C.COC(=O)[C@H](c1ccccc1Cl)N1CCC2SC(=O)C=C2C1.COC(=O)[C@H](c1ccccc1Cl)N1CCc2sc(OC(=O)c3cccnc3)cc2C1.O=C(Cl)c1cccnc1. The van der Waals surface area contributed by atoms with Crippen molar-refractivity contribution in [3.8, 4) is 5.06 Å². The fraction of sp³-hybridized carbons (Fsp3) is 0.283. The molecular formula is C46H47Cl3N4O8S2. The quantitative estimate of drug-likeness (QED) is 0.102. The largest absolute Gasteiger partial charge is 0.468 e. The molecule has 63 heavy (non-hydrogen) atoms. The molecule has 6 heterocycles. The van der Waals surface area contributed by atoms with E-state index < -0.39 is 23.3 Å². The van der Waals surface area contributed by atoms with Crippen LogP contribution in [0.4, 0.5) is 0 Å². The molecule has 0 amide bonds. The Hall–Kier alpha value is -4.93. The number of hydrogen-bond donors (Lipinski definition) is 0. The molecule has 0 radical (unpaired) electrons. The molecule has 8 rings (SSSR count). The number of fused-ring (bicyclic) bond motifs is 2. The lowest BCUT2D eigenvalue weighted by atomic mass is 9.98. The first-order valence-electron chi connectivity index (χ1n) is 18.8. The van der Waals surface area contributed by atoms with E-state index in [1.165, 1.54) is 49.7 Å². The lowest BCUT2D eigenvalue weighted by Gasteiger charge is -2.36. The number of hydrogen-bond acceptors (Lipinski definition) is 14. The summed E-state index contributed by atoms with van der Waals surface area (Å²) in [6.45, 7) is 2.51. The molecule has 0 bridgehead atoms. The minimum Gasteiger partial charge on any atom is -0.468 e. The molecule has 3 aromatic heterocycles. The number of methoxy groups -OCH3 is 2. The number of benzene rings is 2. The lowest BCUT2D eigenvalue weighted by molar-refractivity contribution is -0.148. The number of rotatable bonds is 9. The molecule has 3 aliphatic rings. The molecule has 1 unspecified atom stereocenters. The number of ether oxygens (including phenoxy) is 3. The van der Waals surface area contributed by atoms with Gasteiger partial charge in [0.1, 0.15) is 12.1 Å².